The van der Waals surface area contributed by atoms with Gasteiger partial charge in [-0.2, -0.15) is 0 Å². The van der Waals surface area contributed by atoms with Crippen molar-refractivity contribution >= 4 is 29.7 Å². The third kappa shape index (κ3) is 9.53. The molecule has 1 aliphatic carbocycles. The molecule has 1 aliphatic rings. The first-order chi connectivity index (χ1) is 20.8. The van der Waals surface area contributed by atoms with Gasteiger partial charge in [0.25, 0.3) is 0 Å². The quantitative estimate of drug-likeness (QED) is 0.233. The molecule has 1 saturated carbocycles. The van der Waals surface area contributed by atoms with Gasteiger partial charge in [0, 0.05) is 18.3 Å². The number of hydrogen-bond donors (Lipinski definition) is 3. The Morgan fingerprint density at radius 3 is 1.70 bits per heavy atom. The van der Waals surface area contributed by atoms with E-state index in [0.29, 0.717) is 22.6 Å². The predicted octanol–water partition coefficient (Wildman–Crippen LogP) is 3.59. The van der Waals surface area contributed by atoms with Crippen LogP contribution in [0.15, 0.2) is 48.5 Å². The molecule has 0 aliphatic heterocycles. The van der Waals surface area contributed by atoms with E-state index in [2.05, 4.69) is 0 Å². The minimum atomic E-state index is -1.64. The number of methoxy groups -OCH3 is 2. The number of aliphatic hydroxyl groups is 1. The van der Waals surface area contributed by atoms with Crippen LogP contribution >= 0.6 is 0 Å². The summed E-state index contributed by atoms with van der Waals surface area (Å²) in [7, 11) is 3.05. The van der Waals surface area contributed by atoms with Crippen molar-refractivity contribution in [3.05, 3.63) is 59.7 Å². The van der Waals surface area contributed by atoms with E-state index in [0.717, 1.165) is 0 Å². The molecular formula is C32H40O12. The summed E-state index contributed by atoms with van der Waals surface area (Å²) in [4.78, 5) is 59.3. The largest absolute Gasteiger partial charge is 0.497 e. The van der Waals surface area contributed by atoms with Crippen LogP contribution < -0.4 is 9.47 Å². The van der Waals surface area contributed by atoms with E-state index in [4.69, 9.17) is 29.2 Å². The number of carbonyl (C=O) groups is 5. The molecule has 0 spiro atoms. The van der Waals surface area contributed by atoms with Crippen molar-refractivity contribution in [2.45, 2.75) is 57.5 Å². The topological polar surface area (TPSA) is 183 Å². The summed E-state index contributed by atoms with van der Waals surface area (Å²) in [5, 5.41) is 28.3. The van der Waals surface area contributed by atoms with Gasteiger partial charge in [-0.3, -0.25) is 24.0 Å². The van der Waals surface area contributed by atoms with Crippen LogP contribution in [0.4, 0.5) is 0 Å². The summed E-state index contributed by atoms with van der Waals surface area (Å²) in [5.74, 6) is -6.27. The Balaban J connectivity index is 0.000000342. The zero-order chi connectivity index (χ0) is 33.0. The third-order valence-electron chi connectivity index (χ3n) is 7.28. The van der Waals surface area contributed by atoms with Crippen molar-refractivity contribution in [2.75, 3.05) is 27.4 Å². The highest BCUT2D eigenvalue weighted by Crippen LogP contribution is 2.47. The molecule has 0 aromatic heterocycles. The number of carbonyl (C=O) groups excluding carboxylic acids is 3. The molecule has 2 aromatic carbocycles. The smallest absolute Gasteiger partial charge is 0.317 e. The summed E-state index contributed by atoms with van der Waals surface area (Å²) in [5.41, 5.74) is -0.396. The minimum absolute atomic E-state index is 0.110. The lowest BCUT2D eigenvalue weighted by Crippen LogP contribution is -2.55. The molecule has 0 saturated heterocycles. The molecule has 4 atom stereocenters. The van der Waals surface area contributed by atoms with Crippen LogP contribution in [0.25, 0.3) is 0 Å². The molecule has 1 fully saturated rings. The molecule has 0 bridgehead atoms. The van der Waals surface area contributed by atoms with Crippen LogP contribution in [-0.2, 0) is 33.4 Å². The summed E-state index contributed by atoms with van der Waals surface area (Å²) >= 11 is 0. The van der Waals surface area contributed by atoms with Gasteiger partial charge >= 0.3 is 23.9 Å². The number of Topliss-reactive ketones (excluding diaryl/α,β-unsaturated/α-hetero) is 1. The van der Waals surface area contributed by atoms with E-state index in [9.17, 15) is 29.1 Å². The van der Waals surface area contributed by atoms with Crippen LogP contribution in [0.5, 0.6) is 11.5 Å². The normalized spacial score (nSPS) is 21.0. The number of benzene rings is 2. The number of carboxylic acids is 2. The lowest BCUT2D eigenvalue weighted by Gasteiger charge is -2.43. The van der Waals surface area contributed by atoms with Crippen molar-refractivity contribution in [1.29, 1.82) is 0 Å². The SMILES string of the molecule is CCOC(=O)C1C(=O)CC(C)(O)C(C(=O)OCC)C1c1ccc(OC)cc1.COc1ccc(C(CC(=O)O)CC(=O)O)cc1. The highest BCUT2D eigenvalue weighted by molar-refractivity contribution is 6.02. The van der Waals surface area contributed by atoms with E-state index < -0.39 is 58.9 Å². The fourth-order valence-corrected chi connectivity index (χ4v) is 5.31. The van der Waals surface area contributed by atoms with Gasteiger partial charge in [0.1, 0.15) is 17.4 Å². The van der Waals surface area contributed by atoms with E-state index in [1.165, 1.54) is 21.1 Å². The standard InChI is InChI=1S/C20H26O7.C12H14O5/c1-5-26-18(22)16-14(21)11-20(3,24)17(19(23)27-6-2)15(16)12-7-9-13(25-4)10-8-12;1-17-10-4-2-8(3-5-10)9(6-11(13)14)7-12(15)16/h7-10,15-17,24H,5-6,11H2,1-4H3;2-5,9H,6-7H2,1H3,(H,13,14)(H,15,16). The second-order valence-electron chi connectivity index (χ2n) is 10.4. The van der Waals surface area contributed by atoms with Crippen molar-refractivity contribution in [3.63, 3.8) is 0 Å². The summed E-state index contributed by atoms with van der Waals surface area (Å²) in [6.07, 6.45) is -0.718. The molecule has 3 N–H and O–H groups in total. The number of carboxylic acid groups (broad SMARTS) is 2. The van der Waals surface area contributed by atoms with E-state index in [1.807, 2.05) is 0 Å². The van der Waals surface area contributed by atoms with Crippen LogP contribution in [0, 0.1) is 11.8 Å². The lowest BCUT2D eigenvalue weighted by atomic mass is 9.61. The van der Waals surface area contributed by atoms with Gasteiger partial charge in [-0.1, -0.05) is 24.3 Å². The zero-order valence-electron chi connectivity index (χ0n) is 25.5. The second-order valence-corrected chi connectivity index (χ2v) is 10.4. The fraction of sp³-hybridized carbons (Fsp3) is 0.469. The first-order valence-electron chi connectivity index (χ1n) is 14.1. The Kier molecular flexibility index (Phi) is 13.3. The van der Waals surface area contributed by atoms with Crippen LogP contribution in [-0.4, -0.2) is 78.0 Å². The van der Waals surface area contributed by atoms with Crippen LogP contribution in [0.1, 0.15) is 63.0 Å². The summed E-state index contributed by atoms with van der Waals surface area (Å²) in [6, 6.07) is 13.5. The molecule has 0 amide bonds. The van der Waals surface area contributed by atoms with Crippen LogP contribution in [0.3, 0.4) is 0 Å². The maximum absolute atomic E-state index is 12.7. The Labute approximate surface area is 255 Å². The molecule has 12 nitrogen and oxygen atoms in total. The van der Waals surface area contributed by atoms with Gasteiger partial charge in [-0.15, -0.1) is 0 Å². The molecular weight excluding hydrogens is 576 g/mol. The first-order valence-corrected chi connectivity index (χ1v) is 14.1. The van der Waals surface area contributed by atoms with Gasteiger partial charge in [0.15, 0.2) is 5.78 Å². The monoisotopic (exact) mass is 616 g/mol. The third-order valence-corrected chi connectivity index (χ3v) is 7.28. The highest BCUT2D eigenvalue weighted by atomic mass is 16.5. The maximum atomic E-state index is 12.7. The number of ketones is 1. The number of aliphatic carboxylic acids is 2. The highest BCUT2D eigenvalue weighted by Gasteiger charge is 2.57. The minimum Gasteiger partial charge on any atom is -0.497 e. The molecule has 4 unspecified atom stereocenters. The molecule has 44 heavy (non-hydrogen) atoms. The van der Waals surface area contributed by atoms with Crippen molar-refractivity contribution in [1.82, 2.24) is 0 Å². The first kappa shape index (κ1) is 35.7. The lowest BCUT2D eigenvalue weighted by molar-refractivity contribution is -0.172. The van der Waals surface area contributed by atoms with E-state index in [-0.39, 0.29) is 32.5 Å². The van der Waals surface area contributed by atoms with Crippen LogP contribution in [0.2, 0.25) is 0 Å². The van der Waals surface area contributed by atoms with Gasteiger partial charge in [0.05, 0.1) is 51.8 Å². The Bertz CT molecular complexity index is 1270. The van der Waals surface area contributed by atoms with Gasteiger partial charge < -0.3 is 34.3 Å². The number of rotatable bonds is 12. The van der Waals surface area contributed by atoms with Gasteiger partial charge in [0.2, 0.25) is 0 Å². The number of ether oxygens (including phenoxy) is 4. The molecule has 240 valence electrons. The van der Waals surface area contributed by atoms with Gasteiger partial charge in [-0.25, -0.2) is 0 Å². The Morgan fingerprint density at radius 2 is 1.27 bits per heavy atom. The molecule has 0 radical (unpaired) electrons. The average Bonchev–Trinajstić information content (AvgIpc) is 2.96. The predicted molar refractivity (Wildman–Crippen MR) is 156 cm³/mol. The average molecular weight is 617 g/mol. The van der Waals surface area contributed by atoms with E-state index >= 15 is 0 Å². The zero-order valence-corrected chi connectivity index (χ0v) is 25.5. The summed E-state index contributed by atoms with van der Waals surface area (Å²) < 4.78 is 20.4. The molecule has 2 aromatic rings. The Morgan fingerprint density at radius 1 is 0.818 bits per heavy atom. The molecule has 0 heterocycles. The fourth-order valence-electron chi connectivity index (χ4n) is 5.31. The number of esters is 2. The number of hydrogen-bond acceptors (Lipinski definition) is 10. The second kappa shape index (κ2) is 16.4. The maximum Gasteiger partial charge on any atom is 0.317 e. The van der Waals surface area contributed by atoms with Crippen molar-refractivity contribution in [3.8, 4) is 11.5 Å². The summed E-state index contributed by atoms with van der Waals surface area (Å²) in [6.45, 7) is 4.96. The Hall–Kier alpha value is -4.45. The molecule has 3 rings (SSSR count). The van der Waals surface area contributed by atoms with Crippen molar-refractivity contribution in [2.24, 2.45) is 11.8 Å². The molecule has 12 heteroatoms. The van der Waals surface area contributed by atoms with E-state index in [1.54, 1.807) is 62.4 Å². The van der Waals surface area contributed by atoms with Crippen molar-refractivity contribution < 1.29 is 58.2 Å². The van der Waals surface area contributed by atoms with Gasteiger partial charge in [-0.05, 0) is 56.2 Å².